The normalized spacial score (nSPS) is 10.5. The Morgan fingerprint density at radius 3 is 2.89 bits per heavy atom. The third kappa shape index (κ3) is 1.84. The van der Waals surface area contributed by atoms with Crippen molar-refractivity contribution in [2.24, 2.45) is 0 Å². The van der Waals surface area contributed by atoms with Gasteiger partial charge in [0, 0.05) is 10.7 Å². The Hall–Kier alpha value is -2.39. The maximum atomic E-state index is 9.17. The minimum atomic E-state index is 0.309. The van der Waals surface area contributed by atoms with E-state index in [1.807, 2.05) is 18.2 Å². The van der Waals surface area contributed by atoms with E-state index >= 15 is 0 Å². The van der Waals surface area contributed by atoms with Crippen LogP contribution >= 0.6 is 15.9 Å². The van der Waals surface area contributed by atoms with Gasteiger partial charge in [0.1, 0.15) is 11.6 Å². The number of nitrogen functional groups attached to an aromatic ring is 1. The summed E-state index contributed by atoms with van der Waals surface area (Å²) in [7, 11) is 0. The third-order valence-electron chi connectivity index (χ3n) is 2.76. The van der Waals surface area contributed by atoms with Gasteiger partial charge in [0.25, 0.3) is 0 Å². The number of imidazole rings is 1. The molecule has 0 atom stereocenters. The van der Waals surface area contributed by atoms with E-state index in [-0.39, 0.29) is 0 Å². The van der Waals surface area contributed by atoms with Crippen molar-refractivity contribution in [1.29, 1.82) is 5.26 Å². The zero-order valence-corrected chi connectivity index (χ0v) is 11.3. The zero-order chi connectivity index (χ0) is 13.4. The Labute approximate surface area is 117 Å². The summed E-state index contributed by atoms with van der Waals surface area (Å²) in [6.07, 6.45) is 1.68. The van der Waals surface area contributed by atoms with E-state index in [4.69, 9.17) is 5.73 Å². The van der Waals surface area contributed by atoms with E-state index in [9.17, 15) is 5.26 Å². The fourth-order valence-corrected chi connectivity index (χ4v) is 2.28. The zero-order valence-electron chi connectivity index (χ0n) is 9.71. The molecule has 0 fully saturated rings. The summed E-state index contributed by atoms with van der Waals surface area (Å²) >= 11 is 3.35. The molecule has 0 spiro atoms. The maximum Gasteiger partial charge on any atom is 0.207 e. The number of hydrogen-bond acceptors (Lipinski definition) is 4. The van der Waals surface area contributed by atoms with Crippen LogP contribution in [0.15, 0.2) is 41.0 Å². The number of nitrogens with two attached hydrogens (primary N) is 1. The van der Waals surface area contributed by atoms with Gasteiger partial charge in [0.05, 0.1) is 11.3 Å². The van der Waals surface area contributed by atoms with Crippen LogP contribution in [0.2, 0.25) is 0 Å². The number of aromatic nitrogens is 3. The Morgan fingerprint density at radius 2 is 2.11 bits per heavy atom. The van der Waals surface area contributed by atoms with Crippen molar-refractivity contribution in [3.05, 3.63) is 46.6 Å². The largest absolute Gasteiger partial charge is 0.369 e. The van der Waals surface area contributed by atoms with Gasteiger partial charge < -0.3 is 5.73 Å². The van der Waals surface area contributed by atoms with Crippen LogP contribution in [0, 0.1) is 11.3 Å². The summed E-state index contributed by atoms with van der Waals surface area (Å²) in [6.45, 7) is 0. The van der Waals surface area contributed by atoms with E-state index in [1.165, 1.54) is 0 Å². The van der Waals surface area contributed by atoms with Gasteiger partial charge in [-0.05, 0) is 34.1 Å². The third-order valence-corrected chi connectivity index (χ3v) is 3.19. The number of para-hydroxylation sites is 1. The number of anilines is 1. The summed E-state index contributed by atoms with van der Waals surface area (Å²) in [5.74, 6) is 0.309. The summed E-state index contributed by atoms with van der Waals surface area (Å²) in [5, 5.41) is 9.17. The summed E-state index contributed by atoms with van der Waals surface area (Å²) in [4.78, 5) is 8.58. The van der Waals surface area contributed by atoms with Crippen molar-refractivity contribution < 1.29 is 0 Å². The lowest BCUT2D eigenvalue weighted by Gasteiger charge is -2.07. The second-order valence-corrected chi connectivity index (χ2v) is 4.85. The molecular weight excluding hydrogens is 306 g/mol. The van der Waals surface area contributed by atoms with Crippen molar-refractivity contribution in [1.82, 2.24) is 14.5 Å². The Bertz CT molecular complexity index is 816. The highest BCUT2D eigenvalue weighted by Crippen LogP contribution is 2.25. The first kappa shape index (κ1) is 11.7. The number of benzene rings is 1. The minimum Gasteiger partial charge on any atom is -0.369 e. The molecule has 0 bridgehead atoms. The Kier molecular flexibility index (Phi) is 2.69. The molecule has 92 valence electrons. The molecule has 0 amide bonds. The lowest BCUT2D eigenvalue weighted by atomic mass is 10.2. The molecule has 2 aromatic heterocycles. The van der Waals surface area contributed by atoms with Crippen LogP contribution in [0.5, 0.6) is 0 Å². The second kappa shape index (κ2) is 4.37. The molecule has 19 heavy (non-hydrogen) atoms. The summed E-state index contributed by atoms with van der Waals surface area (Å²) in [5.41, 5.74) is 8.46. The van der Waals surface area contributed by atoms with Crippen molar-refractivity contribution in [2.75, 3.05) is 5.73 Å². The van der Waals surface area contributed by atoms with E-state index < -0.39 is 0 Å². The monoisotopic (exact) mass is 313 g/mol. The highest BCUT2D eigenvalue weighted by atomic mass is 79.9. The Morgan fingerprint density at radius 1 is 1.32 bits per heavy atom. The van der Waals surface area contributed by atoms with Crippen molar-refractivity contribution in [3.63, 3.8) is 0 Å². The molecule has 1 aromatic carbocycles. The number of halogens is 1. The predicted molar refractivity (Wildman–Crippen MR) is 75.7 cm³/mol. The lowest BCUT2D eigenvalue weighted by Crippen LogP contribution is -2.03. The van der Waals surface area contributed by atoms with E-state index in [0.29, 0.717) is 28.4 Å². The fraction of sp³-hybridized carbons (Fsp3) is 0. The highest BCUT2D eigenvalue weighted by molar-refractivity contribution is 9.10. The number of nitrogens with zero attached hydrogens (tertiary/aromatic N) is 4. The molecule has 3 rings (SSSR count). The first-order valence-corrected chi connectivity index (χ1v) is 6.29. The van der Waals surface area contributed by atoms with Gasteiger partial charge in [0.2, 0.25) is 5.95 Å². The predicted octanol–water partition coefficient (Wildman–Crippen LogP) is 2.64. The summed E-state index contributed by atoms with van der Waals surface area (Å²) < 4.78 is 2.51. The number of pyridine rings is 1. The molecular formula is C13H8BrN5. The van der Waals surface area contributed by atoms with Crippen LogP contribution < -0.4 is 5.73 Å². The molecule has 0 aliphatic carbocycles. The van der Waals surface area contributed by atoms with Gasteiger partial charge in [-0.3, -0.25) is 4.57 Å². The van der Waals surface area contributed by atoms with Crippen LogP contribution in [-0.4, -0.2) is 14.5 Å². The van der Waals surface area contributed by atoms with Crippen molar-refractivity contribution >= 4 is 33.0 Å². The van der Waals surface area contributed by atoms with Gasteiger partial charge in [0.15, 0.2) is 5.65 Å². The molecule has 0 aliphatic rings. The summed E-state index contributed by atoms with van der Waals surface area (Å²) in [6, 6.07) is 11.2. The quantitative estimate of drug-likeness (QED) is 0.749. The number of nitriles is 1. The van der Waals surface area contributed by atoms with E-state index in [0.717, 1.165) is 4.47 Å². The second-order valence-electron chi connectivity index (χ2n) is 3.93. The minimum absolute atomic E-state index is 0.309. The average Bonchev–Trinajstić information content (AvgIpc) is 2.73. The van der Waals surface area contributed by atoms with E-state index in [1.54, 1.807) is 22.9 Å². The molecule has 2 N–H and O–H groups in total. The van der Waals surface area contributed by atoms with Crippen LogP contribution in [0.1, 0.15) is 5.56 Å². The number of rotatable bonds is 1. The maximum absolute atomic E-state index is 9.17. The number of fused-ring (bicyclic) bond motifs is 1. The van der Waals surface area contributed by atoms with Gasteiger partial charge in [-0.15, -0.1) is 0 Å². The van der Waals surface area contributed by atoms with Gasteiger partial charge in [-0.1, -0.05) is 12.1 Å². The van der Waals surface area contributed by atoms with Crippen molar-refractivity contribution in [3.8, 4) is 11.8 Å². The molecule has 0 saturated heterocycles. The molecule has 0 saturated carbocycles. The highest BCUT2D eigenvalue weighted by Gasteiger charge is 2.14. The average molecular weight is 314 g/mol. The van der Waals surface area contributed by atoms with E-state index in [2.05, 4.69) is 32.0 Å². The van der Waals surface area contributed by atoms with Gasteiger partial charge in [-0.25, -0.2) is 9.97 Å². The van der Waals surface area contributed by atoms with Crippen LogP contribution in [0.3, 0.4) is 0 Å². The first-order valence-electron chi connectivity index (χ1n) is 5.49. The van der Waals surface area contributed by atoms with Gasteiger partial charge >= 0.3 is 0 Å². The van der Waals surface area contributed by atoms with Crippen LogP contribution in [0.4, 0.5) is 5.95 Å². The van der Waals surface area contributed by atoms with Crippen LogP contribution in [-0.2, 0) is 0 Å². The smallest absolute Gasteiger partial charge is 0.207 e. The molecule has 0 aliphatic heterocycles. The molecule has 6 heteroatoms. The molecule has 0 radical (unpaired) electrons. The Balaban J connectivity index is 2.37. The topological polar surface area (TPSA) is 80.5 Å². The standard InChI is InChI=1S/C13H8BrN5/c14-9-5-10-12(17-7-9)19(13(16)18-10)11-4-2-1-3-8(11)6-15/h1-5,7H,(H2,16,18). The first-order chi connectivity index (χ1) is 9.20. The molecule has 2 heterocycles. The number of hydrogen-bond donors (Lipinski definition) is 1. The fourth-order valence-electron chi connectivity index (χ4n) is 1.96. The molecule has 3 aromatic rings. The lowest BCUT2D eigenvalue weighted by molar-refractivity contribution is 1.08. The van der Waals surface area contributed by atoms with Gasteiger partial charge in [-0.2, -0.15) is 5.26 Å². The molecule has 0 unspecified atom stereocenters. The molecule has 5 nitrogen and oxygen atoms in total. The van der Waals surface area contributed by atoms with Crippen molar-refractivity contribution in [2.45, 2.75) is 0 Å². The SMILES string of the molecule is N#Cc1ccccc1-n1c(N)nc2cc(Br)cnc21. The van der Waals surface area contributed by atoms with Crippen LogP contribution in [0.25, 0.3) is 16.9 Å².